The highest BCUT2D eigenvalue weighted by Crippen LogP contribution is 2.29. The van der Waals surface area contributed by atoms with Gasteiger partial charge in [0, 0.05) is 5.56 Å². The monoisotopic (exact) mass is 494 g/mol. The molecule has 0 unspecified atom stereocenters. The highest BCUT2D eigenvalue weighted by molar-refractivity contribution is 6.33. The van der Waals surface area contributed by atoms with Crippen molar-refractivity contribution in [3.8, 4) is 11.5 Å². The lowest BCUT2D eigenvalue weighted by Crippen LogP contribution is -2.18. The fourth-order valence-corrected chi connectivity index (χ4v) is 4.12. The molecule has 0 saturated carbocycles. The molecule has 2 N–H and O–H groups in total. The van der Waals surface area contributed by atoms with Crippen LogP contribution < -0.4 is 10.2 Å². The van der Waals surface area contributed by atoms with Gasteiger partial charge in [0.1, 0.15) is 11.5 Å². The first-order valence-corrected chi connectivity index (χ1v) is 11.4. The molecule has 6 nitrogen and oxygen atoms in total. The largest absolute Gasteiger partial charge is 0.507 e. The maximum Gasteiger partial charge on any atom is 0.345 e. The van der Waals surface area contributed by atoms with Gasteiger partial charge in [-0.15, -0.1) is 0 Å². The zero-order valence-corrected chi connectivity index (χ0v) is 19.6. The number of fused-ring (bicyclic) bond motifs is 2. The Labute approximate surface area is 211 Å². The predicted molar refractivity (Wildman–Crippen MR) is 141 cm³/mol. The van der Waals surface area contributed by atoms with E-state index in [0.29, 0.717) is 5.56 Å². The molecular weight excluding hydrogens is 476 g/mol. The minimum atomic E-state index is -0.615. The maximum atomic E-state index is 12.8. The molecule has 36 heavy (non-hydrogen) atoms. The topological polar surface area (TPSA) is 88.0 Å². The fourth-order valence-electron chi connectivity index (χ4n) is 3.91. The number of nitrogens with zero attached hydrogens (tertiary/aromatic N) is 1. The zero-order chi connectivity index (χ0) is 25.1. The van der Waals surface area contributed by atoms with Gasteiger partial charge in [0.05, 0.1) is 22.4 Å². The van der Waals surface area contributed by atoms with Crippen LogP contribution >= 0.6 is 11.6 Å². The molecule has 176 valence electrons. The van der Waals surface area contributed by atoms with Crippen molar-refractivity contribution in [2.45, 2.75) is 0 Å². The van der Waals surface area contributed by atoms with Crippen LogP contribution in [-0.4, -0.2) is 23.2 Å². The van der Waals surface area contributed by atoms with E-state index in [0.717, 1.165) is 21.5 Å². The lowest BCUT2D eigenvalue weighted by molar-refractivity contribution is 0.0734. The van der Waals surface area contributed by atoms with Crippen LogP contribution in [0.5, 0.6) is 11.5 Å². The zero-order valence-electron chi connectivity index (χ0n) is 18.8. The number of benzene rings is 5. The van der Waals surface area contributed by atoms with E-state index in [9.17, 15) is 14.7 Å². The van der Waals surface area contributed by atoms with Crippen LogP contribution in [0.1, 0.15) is 26.3 Å². The first-order chi connectivity index (χ1) is 17.5. The van der Waals surface area contributed by atoms with Crippen molar-refractivity contribution < 1.29 is 19.4 Å². The Balaban J connectivity index is 1.45. The number of hydrazone groups is 1. The molecule has 0 bridgehead atoms. The number of carbonyl (C=O) groups excluding carboxylic acids is 2. The normalized spacial score (nSPS) is 11.1. The molecule has 0 radical (unpaired) electrons. The summed E-state index contributed by atoms with van der Waals surface area (Å²) >= 11 is 6.15. The van der Waals surface area contributed by atoms with Gasteiger partial charge < -0.3 is 9.84 Å². The second kappa shape index (κ2) is 9.90. The van der Waals surface area contributed by atoms with Gasteiger partial charge in [-0.3, -0.25) is 4.79 Å². The number of halogens is 1. The van der Waals surface area contributed by atoms with Crippen LogP contribution in [0.4, 0.5) is 0 Å². The van der Waals surface area contributed by atoms with Crippen molar-refractivity contribution in [1.29, 1.82) is 0 Å². The van der Waals surface area contributed by atoms with Crippen molar-refractivity contribution in [2.75, 3.05) is 0 Å². The number of rotatable bonds is 5. The number of phenolic OH excluding ortho intramolecular Hbond substituents is 1. The van der Waals surface area contributed by atoms with Crippen LogP contribution in [0.3, 0.4) is 0 Å². The number of nitrogens with one attached hydrogen (secondary N) is 1. The maximum absolute atomic E-state index is 12.8. The van der Waals surface area contributed by atoms with Gasteiger partial charge in [-0.25, -0.2) is 10.2 Å². The minimum Gasteiger partial charge on any atom is -0.507 e. The molecular formula is C29H19ClN2O4. The fraction of sp³-hybridized carbons (Fsp3) is 0. The van der Waals surface area contributed by atoms with Crippen molar-refractivity contribution in [3.63, 3.8) is 0 Å². The summed E-state index contributed by atoms with van der Waals surface area (Å²) in [5.74, 6) is -1.09. The molecule has 0 aliphatic rings. The molecule has 0 heterocycles. The number of aromatic hydroxyl groups is 1. The molecule has 0 aliphatic carbocycles. The van der Waals surface area contributed by atoms with E-state index in [2.05, 4.69) is 10.5 Å². The highest BCUT2D eigenvalue weighted by Gasteiger charge is 2.16. The third-order valence-corrected chi connectivity index (χ3v) is 6.03. The van der Waals surface area contributed by atoms with E-state index in [1.54, 1.807) is 36.4 Å². The smallest absolute Gasteiger partial charge is 0.345 e. The Kier molecular flexibility index (Phi) is 6.34. The first-order valence-electron chi connectivity index (χ1n) is 11.0. The van der Waals surface area contributed by atoms with Crippen molar-refractivity contribution in [2.24, 2.45) is 5.10 Å². The molecule has 5 aromatic carbocycles. The Morgan fingerprint density at radius 3 is 2.25 bits per heavy atom. The molecule has 1 amide bonds. The average molecular weight is 495 g/mol. The molecule has 0 saturated heterocycles. The van der Waals surface area contributed by atoms with E-state index >= 15 is 0 Å². The van der Waals surface area contributed by atoms with E-state index in [4.69, 9.17) is 16.3 Å². The first kappa shape index (κ1) is 23.1. The lowest BCUT2D eigenvalue weighted by Gasteiger charge is -2.11. The van der Waals surface area contributed by atoms with Gasteiger partial charge in [0.15, 0.2) is 0 Å². The molecule has 0 aromatic heterocycles. The highest BCUT2D eigenvalue weighted by atomic mass is 35.5. The van der Waals surface area contributed by atoms with Gasteiger partial charge in [-0.2, -0.15) is 5.10 Å². The van der Waals surface area contributed by atoms with Crippen molar-refractivity contribution >= 4 is 51.2 Å². The third-order valence-electron chi connectivity index (χ3n) is 5.70. The number of ether oxygens (including phenoxy) is 1. The van der Waals surface area contributed by atoms with Gasteiger partial charge >= 0.3 is 5.97 Å². The molecule has 0 fully saturated rings. The van der Waals surface area contributed by atoms with E-state index in [1.807, 2.05) is 54.6 Å². The summed E-state index contributed by atoms with van der Waals surface area (Å²) in [6.45, 7) is 0. The van der Waals surface area contributed by atoms with E-state index in [1.165, 1.54) is 12.3 Å². The molecule has 0 aliphatic heterocycles. The predicted octanol–water partition coefficient (Wildman–Crippen LogP) is 6.34. The van der Waals surface area contributed by atoms with E-state index < -0.39 is 11.9 Å². The van der Waals surface area contributed by atoms with Crippen LogP contribution in [-0.2, 0) is 0 Å². The van der Waals surface area contributed by atoms with Crippen molar-refractivity contribution in [3.05, 3.63) is 119 Å². The standard InChI is InChI=1S/C29H19ClN2O4/c30-25-12-6-5-11-22(25)29(35)36-27-14-13-18-7-3-4-10-21(18)24(27)17-31-32-28(34)23-15-19-8-1-2-9-20(19)16-26(23)33/h1-17,33H,(H,32,34). The Morgan fingerprint density at radius 2 is 1.47 bits per heavy atom. The summed E-state index contributed by atoms with van der Waals surface area (Å²) < 4.78 is 5.66. The summed E-state index contributed by atoms with van der Waals surface area (Å²) in [5, 5.41) is 18.0. The number of amides is 1. The molecule has 7 heteroatoms. The quantitative estimate of drug-likeness (QED) is 0.129. The minimum absolute atomic E-state index is 0.0918. The molecule has 0 atom stereocenters. The number of hydrogen-bond acceptors (Lipinski definition) is 5. The summed E-state index contributed by atoms with van der Waals surface area (Å²) in [6, 6.07) is 28.2. The summed E-state index contributed by atoms with van der Waals surface area (Å²) in [6.07, 6.45) is 1.41. The number of hydrogen-bond donors (Lipinski definition) is 2. The number of phenols is 1. The molecule has 0 spiro atoms. The van der Waals surface area contributed by atoms with E-state index in [-0.39, 0.29) is 27.6 Å². The van der Waals surface area contributed by atoms with Gasteiger partial charge in [0.2, 0.25) is 0 Å². The van der Waals surface area contributed by atoms with Crippen molar-refractivity contribution in [1.82, 2.24) is 5.43 Å². The van der Waals surface area contributed by atoms with Gasteiger partial charge in [0.25, 0.3) is 5.91 Å². The van der Waals surface area contributed by atoms with Gasteiger partial charge in [-0.1, -0.05) is 78.3 Å². The van der Waals surface area contributed by atoms with Crippen LogP contribution in [0, 0.1) is 0 Å². The summed E-state index contributed by atoms with van der Waals surface area (Å²) in [4.78, 5) is 25.5. The van der Waals surface area contributed by atoms with Crippen LogP contribution in [0.15, 0.2) is 102 Å². The number of esters is 1. The van der Waals surface area contributed by atoms with Gasteiger partial charge in [-0.05, 0) is 51.9 Å². The SMILES string of the molecule is O=C(NN=Cc1c(OC(=O)c2ccccc2Cl)ccc2ccccc12)c1cc2ccccc2cc1O. The second-order valence-corrected chi connectivity index (χ2v) is 8.39. The Hall–Kier alpha value is -4.68. The summed E-state index contributed by atoms with van der Waals surface area (Å²) in [5.41, 5.74) is 3.27. The Bertz CT molecular complexity index is 1660. The molecule has 5 rings (SSSR count). The molecule has 5 aromatic rings. The van der Waals surface area contributed by atoms with Crippen LogP contribution in [0.25, 0.3) is 21.5 Å². The average Bonchev–Trinajstić information content (AvgIpc) is 2.89. The van der Waals surface area contributed by atoms with Crippen LogP contribution in [0.2, 0.25) is 5.02 Å². The Morgan fingerprint density at radius 1 is 0.806 bits per heavy atom. The number of carbonyl (C=O) groups is 2. The summed E-state index contributed by atoms with van der Waals surface area (Å²) in [7, 11) is 0. The second-order valence-electron chi connectivity index (χ2n) is 7.98. The third kappa shape index (κ3) is 4.62. The lowest BCUT2D eigenvalue weighted by atomic mass is 10.0.